The molecule has 0 unspecified atom stereocenters. The van der Waals surface area contributed by atoms with Gasteiger partial charge in [0.05, 0.1) is 0 Å². The quantitative estimate of drug-likeness (QED) is 0.602. The Morgan fingerprint density at radius 3 is 2.70 bits per heavy atom. The number of carbonyl (C=O) groups is 1. The number of hydrogen-bond donors (Lipinski definition) is 0. The molecule has 0 bridgehead atoms. The van der Waals surface area contributed by atoms with Crippen LogP contribution in [-0.4, -0.2) is 24.6 Å². The van der Waals surface area contributed by atoms with Crippen molar-refractivity contribution in [2.24, 2.45) is 0 Å². The van der Waals surface area contributed by atoms with E-state index in [1.165, 1.54) is 6.61 Å². The lowest BCUT2D eigenvalue weighted by molar-refractivity contribution is 0.135. The van der Waals surface area contributed by atoms with Crippen molar-refractivity contribution in [3.63, 3.8) is 0 Å². The number of ether oxygens (including phenoxy) is 1. The molecular formula is C7H14NO2. The number of hydrogen-bond acceptors (Lipinski definition) is 2. The van der Waals surface area contributed by atoms with Crippen molar-refractivity contribution in [3.8, 4) is 0 Å². The Labute approximate surface area is 62.0 Å². The van der Waals surface area contributed by atoms with Crippen molar-refractivity contribution < 1.29 is 9.53 Å². The molecule has 0 fully saturated rings. The largest absolute Gasteiger partial charge is 0.442 e. The highest BCUT2D eigenvalue weighted by Crippen LogP contribution is 1.92. The van der Waals surface area contributed by atoms with E-state index in [2.05, 4.69) is 4.74 Å². The average molecular weight is 144 g/mol. The van der Waals surface area contributed by atoms with Gasteiger partial charge in [-0.1, -0.05) is 6.92 Å². The van der Waals surface area contributed by atoms with Crippen molar-refractivity contribution in [3.05, 3.63) is 6.61 Å². The second-order valence-electron chi connectivity index (χ2n) is 2.04. The molecule has 0 saturated carbocycles. The van der Waals surface area contributed by atoms with Crippen LogP contribution in [0.25, 0.3) is 0 Å². The van der Waals surface area contributed by atoms with Crippen LogP contribution in [0.3, 0.4) is 0 Å². The van der Waals surface area contributed by atoms with E-state index in [0.717, 1.165) is 13.0 Å². The number of rotatable bonds is 3. The second-order valence-corrected chi connectivity index (χ2v) is 2.04. The normalized spacial score (nSPS) is 9.10. The van der Waals surface area contributed by atoms with E-state index in [-0.39, 0.29) is 6.09 Å². The second kappa shape index (κ2) is 5.09. The summed E-state index contributed by atoms with van der Waals surface area (Å²) in [4.78, 5) is 12.3. The molecule has 0 aliphatic carbocycles. The van der Waals surface area contributed by atoms with E-state index in [1.807, 2.05) is 6.92 Å². The first-order valence-corrected chi connectivity index (χ1v) is 3.42. The Hall–Kier alpha value is -0.730. The minimum absolute atomic E-state index is 0.288. The van der Waals surface area contributed by atoms with Crippen LogP contribution in [0.4, 0.5) is 4.79 Å². The lowest BCUT2D eigenvalue weighted by Crippen LogP contribution is -2.27. The summed E-state index contributed by atoms with van der Waals surface area (Å²) in [6.45, 7) is 5.82. The Morgan fingerprint density at radius 2 is 2.30 bits per heavy atom. The van der Waals surface area contributed by atoms with Gasteiger partial charge in [-0.25, -0.2) is 4.79 Å². The fourth-order valence-electron chi connectivity index (χ4n) is 0.617. The summed E-state index contributed by atoms with van der Waals surface area (Å²) in [6.07, 6.45) is 0.666. The van der Waals surface area contributed by atoms with Crippen LogP contribution in [-0.2, 0) is 4.74 Å². The highest BCUT2D eigenvalue weighted by molar-refractivity contribution is 5.67. The molecule has 1 radical (unpaired) electrons. The van der Waals surface area contributed by atoms with Crippen LogP contribution in [0, 0.1) is 6.61 Å². The zero-order chi connectivity index (χ0) is 7.98. The highest BCUT2D eigenvalue weighted by Gasteiger charge is 2.05. The molecule has 0 aliphatic heterocycles. The van der Waals surface area contributed by atoms with E-state index in [9.17, 15) is 4.79 Å². The molecule has 0 N–H and O–H groups in total. The number of amides is 1. The molecule has 59 valence electrons. The molecular weight excluding hydrogens is 130 g/mol. The first kappa shape index (κ1) is 9.27. The van der Waals surface area contributed by atoms with Crippen LogP contribution < -0.4 is 0 Å². The van der Waals surface area contributed by atoms with Gasteiger partial charge in [0.25, 0.3) is 0 Å². The maximum absolute atomic E-state index is 10.8. The lowest BCUT2D eigenvalue weighted by Gasteiger charge is -2.14. The van der Waals surface area contributed by atoms with E-state index in [1.54, 1.807) is 18.9 Å². The van der Waals surface area contributed by atoms with Crippen molar-refractivity contribution >= 4 is 6.09 Å². The van der Waals surface area contributed by atoms with Gasteiger partial charge < -0.3 is 9.64 Å². The van der Waals surface area contributed by atoms with Crippen LogP contribution in [0.1, 0.15) is 20.3 Å². The summed E-state index contributed by atoms with van der Waals surface area (Å²) in [5.74, 6) is 0. The first-order chi connectivity index (χ1) is 4.72. The average Bonchev–Trinajstić information content (AvgIpc) is 1.89. The maximum Gasteiger partial charge on any atom is 0.409 e. The molecule has 0 aromatic rings. The highest BCUT2D eigenvalue weighted by atomic mass is 16.5. The summed E-state index contributed by atoms with van der Waals surface area (Å²) in [7, 11) is 1.72. The third-order valence-corrected chi connectivity index (χ3v) is 1.09. The molecule has 3 nitrogen and oxygen atoms in total. The van der Waals surface area contributed by atoms with E-state index in [4.69, 9.17) is 0 Å². The minimum atomic E-state index is -0.288. The summed E-state index contributed by atoms with van der Waals surface area (Å²) in [6, 6.07) is 0. The molecule has 0 heterocycles. The zero-order valence-electron chi connectivity index (χ0n) is 6.76. The molecule has 3 heteroatoms. The SMILES string of the molecule is C[CH]OC(=O)N(C)CCC. The topological polar surface area (TPSA) is 29.5 Å². The maximum atomic E-state index is 10.8. The molecule has 10 heavy (non-hydrogen) atoms. The predicted octanol–water partition coefficient (Wildman–Crippen LogP) is 1.65. The van der Waals surface area contributed by atoms with Crippen molar-refractivity contribution in [1.82, 2.24) is 4.90 Å². The molecule has 0 saturated heterocycles. The monoisotopic (exact) mass is 144 g/mol. The lowest BCUT2D eigenvalue weighted by atomic mass is 10.5. The Morgan fingerprint density at radius 1 is 1.70 bits per heavy atom. The molecule has 0 aliphatic rings. The molecule has 0 atom stereocenters. The van der Waals surface area contributed by atoms with Gasteiger partial charge in [-0.2, -0.15) is 0 Å². The summed E-state index contributed by atoms with van der Waals surface area (Å²) >= 11 is 0. The first-order valence-electron chi connectivity index (χ1n) is 3.42. The van der Waals surface area contributed by atoms with Gasteiger partial charge in [0, 0.05) is 13.6 Å². The van der Waals surface area contributed by atoms with Gasteiger partial charge in [0.15, 0.2) is 0 Å². The van der Waals surface area contributed by atoms with Crippen molar-refractivity contribution in [2.75, 3.05) is 13.6 Å². The number of nitrogens with zero attached hydrogens (tertiary/aromatic N) is 1. The van der Waals surface area contributed by atoms with Gasteiger partial charge in [-0.05, 0) is 13.3 Å². The van der Waals surface area contributed by atoms with E-state index < -0.39 is 0 Å². The minimum Gasteiger partial charge on any atom is -0.442 e. The van der Waals surface area contributed by atoms with Crippen molar-refractivity contribution in [2.45, 2.75) is 20.3 Å². The molecule has 0 rings (SSSR count). The molecule has 1 amide bonds. The van der Waals surface area contributed by atoms with Gasteiger partial charge in [-0.3, -0.25) is 0 Å². The molecule has 0 aromatic heterocycles. The van der Waals surface area contributed by atoms with Gasteiger partial charge >= 0.3 is 6.09 Å². The smallest absolute Gasteiger partial charge is 0.409 e. The molecule has 0 spiro atoms. The van der Waals surface area contributed by atoms with E-state index in [0.29, 0.717) is 0 Å². The van der Waals surface area contributed by atoms with Gasteiger partial charge in [0.2, 0.25) is 0 Å². The van der Waals surface area contributed by atoms with Gasteiger partial charge in [0.1, 0.15) is 6.61 Å². The Balaban J connectivity index is 3.49. The Bertz CT molecular complexity index is 104. The fourth-order valence-corrected chi connectivity index (χ4v) is 0.617. The van der Waals surface area contributed by atoms with Crippen LogP contribution in [0.15, 0.2) is 0 Å². The third kappa shape index (κ3) is 3.33. The van der Waals surface area contributed by atoms with E-state index >= 15 is 0 Å². The standard InChI is InChI=1S/C7H14NO2/c1-4-6-8(3)7(9)10-5-2/h5H,4,6H2,1-3H3. The summed E-state index contributed by atoms with van der Waals surface area (Å²) < 4.78 is 4.62. The number of carbonyl (C=O) groups excluding carboxylic acids is 1. The van der Waals surface area contributed by atoms with Crippen LogP contribution in [0.5, 0.6) is 0 Å². The fraction of sp³-hybridized carbons (Fsp3) is 0.714. The Kier molecular flexibility index (Phi) is 4.72. The van der Waals surface area contributed by atoms with Crippen LogP contribution >= 0.6 is 0 Å². The van der Waals surface area contributed by atoms with Crippen LogP contribution in [0.2, 0.25) is 0 Å². The van der Waals surface area contributed by atoms with Gasteiger partial charge in [-0.15, -0.1) is 0 Å². The van der Waals surface area contributed by atoms with Crippen molar-refractivity contribution in [1.29, 1.82) is 0 Å². The molecule has 0 aromatic carbocycles. The third-order valence-electron chi connectivity index (χ3n) is 1.09. The zero-order valence-corrected chi connectivity index (χ0v) is 6.76. The summed E-state index contributed by atoms with van der Waals surface area (Å²) in [5.41, 5.74) is 0. The predicted molar refractivity (Wildman–Crippen MR) is 39.4 cm³/mol. The summed E-state index contributed by atoms with van der Waals surface area (Å²) in [5, 5.41) is 0.